The van der Waals surface area contributed by atoms with Crippen LogP contribution in [0.25, 0.3) is 0 Å². The maximum absolute atomic E-state index is 5.59. The van der Waals surface area contributed by atoms with Crippen LogP contribution in [0.15, 0.2) is 6.33 Å². The summed E-state index contributed by atoms with van der Waals surface area (Å²) in [6.07, 6.45) is 6.32. The number of rotatable bonds is 3. The van der Waals surface area contributed by atoms with Crippen molar-refractivity contribution in [1.82, 2.24) is 9.97 Å². The molecule has 1 heterocycles. The van der Waals surface area contributed by atoms with Crippen LogP contribution in [-0.2, 0) is 12.8 Å². The third-order valence-corrected chi connectivity index (χ3v) is 2.86. The molecular weight excluding hydrogens is 188 g/mol. The standard InChI is InChI=1S/C11H18N4/c1-8(6-12)15-11-9-4-2-3-5-10(9)13-7-14-11/h7-8H,2-6,12H2,1H3,(H,13,14,15). The van der Waals surface area contributed by atoms with Crippen molar-refractivity contribution in [3.63, 3.8) is 0 Å². The second-order valence-corrected chi connectivity index (χ2v) is 4.14. The van der Waals surface area contributed by atoms with E-state index < -0.39 is 0 Å². The minimum atomic E-state index is 0.269. The Morgan fingerprint density at radius 1 is 1.40 bits per heavy atom. The van der Waals surface area contributed by atoms with E-state index in [9.17, 15) is 0 Å². The first-order chi connectivity index (χ1) is 7.31. The molecule has 0 aliphatic heterocycles. The minimum absolute atomic E-state index is 0.269. The summed E-state index contributed by atoms with van der Waals surface area (Å²) in [6, 6.07) is 0.269. The van der Waals surface area contributed by atoms with Gasteiger partial charge in [-0.3, -0.25) is 0 Å². The van der Waals surface area contributed by atoms with E-state index in [-0.39, 0.29) is 6.04 Å². The lowest BCUT2D eigenvalue weighted by atomic mass is 9.96. The predicted octanol–water partition coefficient (Wildman–Crippen LogP) is 1.11. The first kappa shape index (κ1) is 10.4. The van der Waals surface area contributed by atoms with Gasteiger partial charge in [-0.05, 0) is 32.6 Å². The zero-order valence-corrected chi connectivity index (χ0v) is 9.16. The lowest BCUT2D eigenvalue weighted by Crippen LogP contribution is -2.27. The monoisotopic (exact) mass is 206 g/mol. The fourth-order valence-corrected chi connectivity index (χ4v) is 1.94. The summed E-state index contributed by atoms with van der Waals surface area (Å²) >= 11 is 0. The van der Waals surface area contributed by atoms with Crippen molar-refractivity contribution in [2.24, 2.45) is 5.73 Å². The van der Waals surface area contributed by atoms with Crippen molar-refractivity contribution in [2.75, 3.05) is 11.9 Å². The Hall–Kier alpha value is -1.16. The van der Waals surface area contributed by atoms with Crippen LogP contribution in [0.4, 0.5) is 5.82 Å². The van der Waals surface area contributed by atoms with E-state index in [0.717, 1.165) is 18.7 Å². The third kappa shape index (κ3) is 2.26. The topological polar surface area (TPSA) is 63.8 Å². The normalized spacial score (nSPS) is 16.9. The van der Waals surface area contributed by atoms with Gasteiger partial charge < -0.3 is 11.1 Å². The molecule has 0 amide bonds. The second-order valence-electron chi connectivity index (χ2n) is 4.14. The SMILES string of the molecule is CC(CN)Nc1ncnc2c1CCCC2. The molecule has 0 fully saturated rings. The van der Waals surface area contributed by atoms with Crippen LogP contribution in [0.3, 0.4) is 0 Å². The highest BCUT2D eigenvalue weighted by atomic mass is 15.0. The summed E-state index contributed by atoms with van der Waals surface area (Å²) in [5, 5.41) is 3.34. The van der Waals surface area contributed by atoms with E-state index >= 15 is 0 Å². The molecular formula is C11H18N4. The summed E-state index contributed by atoms with van der Waals surface area (Å²) in [6.45, 7) is 2.69. The molecule has 82 valence electrons. The van der Waals surface area contributed by atoms with Crippen LogP contribution in [0.1, 0.15) is 31.0 Å². The quantitative estimate of drug-likeness (QED) is 0.777. The molecule has 1 unspecified atom stereocenters. The zero-order chi connectivity index (χ0) is 10.7. The van der Waals surface area contributed by atoms with Gasteiger partial charge in [0, 0.05) is 23.8 Å². The molecule has 0 radical (unpaired) electrons. The van der Waals surface area contributed by atoms with Crippen molar-refractivity contribution in [2.45, 2.75) is 38.6 Å². The molecule has 4 heteroatoms. The van der Waals surface area contributed by atoms with Gasteiger partial charge in [0.1, 0.15) is 12.1 Å². The average molecular weight is 206 g/mol. The van der Waals surface area contributed by atoms with Crippen molar-refractivity contribution in [1.29, 1.82) is 0 Å². The van der Waals surface area contributed by atoms with E-state index in [1.165, 1.54) is 24.1 Å². The Bertz CT molecular complexity index is 337. The number of hydrogen-bond donors (Lipinski definition) is 2. The van der Waals surface area contributed by atoms with Crippen molar-refractivity contribution < 1.29 is 0 Å². The summed E-state index contributed by atoms with van der Waals surface area (Å²) in [5.74, 6) is 0.984. The Labute approximate surface area is 90.3 Å². The molecule has 2 rings (SSSR count). The Morgan fingerprint density at radius 3 is 3.00 bits per heavy atom. The molecule has 0 saturated carbocycles. The van der Waals surface area contributed by atoms with Crippen LogP contribution in [0.2, 0.25) is 0 Å². The van der Waals surface area contributed by atoms with Gasteiger partial charge in [0.2, 0.25) is 0 Å². The molecule has 3 N–H and O–H groups in total. The number of fused-ring (bicyclic) bond motifs is 1. The fourth-order valence-electron chi connectivity index (χ4n) is 1.94. The molecule has 1 aliphatic rings. The number of aromatic nitrogens is 2. The molecule has 15 heavy (non-hydrogen) atoms. The largest absolute Gasteiger partial charge is 0.366 e. The fraction of sp³-hybridized carbons (Fsp3) is 0.636. The predicted molar refractivity (Wildman–Crippen MR) is 60.8 cm³/mol. The van der Waals surface area contributed by atoms with Crippen LogP contribution in [-0.4, -0.2) is 22.6 Å². The number of nitrogens with one attached hydrogen (secondary N) is 1. The second kappa shape index (κ2) is 4.57. The highest BCUT2D eigenvalue weighted by molar-refractivity contribution is 5.47. The summed E-state index contributed by atoms with van der Waals surface area (Å²) in [5.41, 5.74) is 8.10. The lowest BCUT2D eigenvalue weighted by Gasteiger charge is -2.20. The Balaban J connectivity index is 2.23. The molecule has 4 nitrogen and oxygen atoms in total. The van der Waals surface area contributed by atoms with E-state index in [4.69, 9.17) is 5.73 Å². The smallest absolute Gasteiger partial charge is 0.133 e. The van der Waals surface area contributed by atoms with E-state index in [1.54, 1.807) is 6.33 Å². The van der Waals surface area contributed by atoms with Gasteiger partial charge in [-0.25, -0.2) is 9.97 Å². The highest BCUT2D eigenvalue weighted by Gasteiger charge is 2.15. The van der Waals surface area contributed by atoms with Gasteiger partial charge >= 0.3 is 0 Å². The number of hydrogen-bond acceptors (Lipinski definition) is 4. The van der Waals surface area contributed by atoms with Gasteiger partial charge in [0.25, 0.3) is 0 Å². The lowest BCUT2D eigenvalue weighted by molar-refractivity contribution is 0.660. The minimum Gasteiger partial charge on any atom is -0.366 e. The number of nitrogens with zero attached hydrogens (tertiary/aromatic N) is 2. The van der Waals surface area contributed by atoms with Crippen LogP contribution in [0, 0.1) is 0 Å². The highest BCUT2D eigenvalue weighted by Crippen LogP contribution is 2.24. The molecule has 1 aliphatic carbocycles. The maximum Gasteiger partial charge on any atom is 0.133 e. The van der Waals surface area contributed by atoms with Gasteiger partial charge in [-0.15, -0.1) is 0 Å². The number of aryl methyl sites for hydroxylation is 1. The van der Waals surface area contributed by atoms with Crippen LogP contribution in [0.5, 0.6) is 0 Å². The van der Waals surface area contributed by atoms with Gasteiger partial charge in [0.15, 0.2) is 0 Å². The van der Waals surface area contributed by atoms with Gasteiger partial charge in [0.05, 0.1) is 0 Å². The van der Waals surface area contributed by atoms with Gasteiger partial charge in [-0.1, -0.05) is 0 Å². The molecule has 0 aromatic carbocycles. The first-order valence-electron chi connectivity index (χ1n) is 5.60. The van der Waals surface area contributed by atoms with E-state index in [2.05, 4.69) is 22.2 Å². The van der Waals surface area contributed by atoms with E-state index in [0.29, 0.717) is 6.54 Å². The maximum atomic E-state index is 5.59. The van der Waals surface area contributed by atoms with Gasteiger partial charge in [-0.2, -0.15) is 0 Å². The molecule has 1 aromatic rings. The van der Waals surface area contributed by atoms with E-state index in [1.807, 2.05) is 0 Å². The molecule has 0 spiro atoms. The van der Waals surface area contributed by atoms with Crippen molar-refractivity contribution in [3.05, 3.63) is 17.6 Å². The van der Waals surface area contributed by atoms with Crippen molar-refractivity contribution >= 4 is 5.82 Å². The molecule has 0 saturated heterocycles. The summed E-state index contributed by atoms with van der Waals surface area (Å²) < 4.78 is 0. The first-order valence-corrected chi connectivity index (χ1v) is 5.60. The zero-order valence-electron chi connectivity index (χ0n) is 9.16. The number of nitrogens with two attached hydrogens (primary N) is 1. The Kier molecular flexibility index (Phi) is 3.16. The molecule has 1 atom stereocenters. The van der Waals surface area contributed by atoms with Crippen LogP contribution < -0.4 is 11.1 Å². The molecule has 0 bridgehead atoms. The van der Waals surface area contributed by atoms with Crippen molar-refractivity contribution in [3.8, 4) is 0 Å². The Morgan fingerprint density at radius 2 is 2.20 bits per heavy atom. The van der Waals surface area contributed by atoms with Crippen LogP contribution >= 0.6 is 0 Å². The summed E-state index contributed by atoms with van der Waals surface area (Å²) in [4.78, 5) is 8.63. The summed E-state index contributed by atoms with van der Waals surface area (Å²) in [7, 11) is 0. The number of anilines is 1. The third-order valence-electron chi connectivity index (χ3n) is 2.86. The average Bonchev–Trinajstić information content (AvgIpc) is 2.29. The molecule has 1 aromatic heterocycles.